The molecule has 1 atom stereocenters. The summed E-state index contributed by atoms with van der Waals surface area (Å²) in [5.74, 6) is 1.26. The van der Waals surface area contributed by atoms with Gasteiger partial charge in [0.1, 0.15) is 5.78 Å². The van der Waals surface area contributed by atoms with Crippen molar-refractivity contribution in [3.63, 3.8) is 0 Å². The number of aromatic nitrogens is 2. The maximum absolute atomic E-state index is 11.8. The molecular weight excluding hydrogens is 332 g/mol. The molecule has 1 aromatic heterocycles. The second-order valence-electron chi connectivity index (χ2n) is 7.19. The van der Waals surface area contributed by atoms with Gasteiger partial charge in [0.15, 0.2) is 5.82 Å². The van der Waals surface area contributed by atoms with Crippen LogP contribution in [0, 0.1) is 0 Å². The Labute approximate surface area is 152 Å². The molecule has 4 rings (SSSR count). The number of rotatable bonds is 3. The number of carbonyl (C=O) groups excluding carboxylic acids is 1. The Bertz CT molecular complexity index is 735. The predicted octanol–water partition coefficient (Wildman–Crippen LogP) is 2.77. The van der Waals surface area contributed by atoms with Crippen molar-refractivity contribution < 1.29 is 4.79 Å². The molecule has 5 nitrogen and oxygen atoms in total. The summed E-state index contributed by atoms with van der Waals surface area (Å²) in [7, 11) is 0. The molecule has 2 aromatic rings. The van der Waals surface area contributed by atoms with Gasteiger partial charge in [-0.3, -0.25) is 4.79 Å². The van der Waals surface area contributed by atoms with E-state index in [1.807, 2.05) is 6.07 Å². The van der Waals surface area contributed by atoms with Gasteiger partial charge in [-0.05, 0) is 25.3 Å². The lowest BCUT2D eigenvalue weighted by Gasteiger charge is -2.35. The fourth-order valence-electron chi connectivity index (χ4n) is 4.00. The number of anilines is 1. The van der Waals surface area contributed by atoms with Crippen molar-refractivity contribution in [2.24, 2.45) is 0 Å². The van der Waals surface area contributed by atoms with E-state index < -0.39 is 0 Å². The number of Topliss-reactive ketones (excluding diaryl/α,β-unsaturated/α-hetero) is 1. The van der Waals surface area contributed by atoms with E-state index >= 15 is 0 Å². The molecule has 1 unspecified atom stereocenters. The van der Waals surface area contributed by atoms with Crippen LogP contribution in [0.5, 0.6) is 0 Å². The standard InChI is InChI=1S/C19H24N4OS/c1-14-13-23(12-11-20-14)18-21-17(22-25-18)19(9-7-16(24)8-10-19)15-5-3-2-4-6-15/h2-6,14,20H,7-13H2,1H3. The van der Waals surface area contributed by atoms with Gasteiger partial charge in [0.2, 0.25) is 5.13 Å². The number of benzene rings is 1. The van der Waals surface area contributed by atoms with Gasteiger partial charge in [-0.1, -0.05) is 30.3 Å². The van der Waals surface area contributed by atoms with Gasteiger partial charge in [-0.2, -0.15) is 4.37 Å². The molecule has 0 bridgehead atoms. The van der Waals surface area contributed by atoms with Crippen LogP contribution in [0.25, 0.3) is 0 Å². The summed E-state index contributed by atoms with van der Waals surface area (Å²) < 4.78 is 4.77. The van der Waals surface area contributed by atoms with E-state index in [-0.39, 0.29) is 5.41 Å². The molecule has 1 N–H and O–H groups in total. The van der Waals surface area contributed by atoms with E-state index in [9.17, 15) is 4.79 Å². The minimum absolute atomic E-state index is 0.219. The first-order valence-corrected chi connectivity index (χ1v) is 9.84. The van der Waals surface area contributed by atoms with Gasteiger partial charge in [-0.25, -0.2) is 4.98 Å². The van der Waals surface area contributed by atoms with E-state index in [0.29, 0.717) is 24.7 Å². The molecule has 1 aliphatic carbocycles. The Kier molecular flexibility index (Phi) is 4.56. The third-order valence-electron chi connectivity index (χ3n) is 5.47. The molecule has 6 heteroatoms. The lowest BCUT2D eigenvalue weighted by Crippen LogP contribution is -2.49. The van der Waals surface area contributed by atoms with Crippen molar-refractivity contribution in [3.8, 4) is 0 Å². The summed E-state index contributed by atoms with van der Waals surface area (Å²) in [6.07, 6.45) is 2.86. The number of nitrogens with one attached hydrogen (secondary N) is 1. The van der Waals surface area contributed by atoms with E-state index in [0.717, 1.165) is 43.4 Å². The van der Waals surface area contributed by atoms with Crippen LogP contribution in [0.1, 0.15) is 44.0 Å². The topological polar surface area (TPSA) is 58.1 Å². The summed E-state index contributed by atoms with van der Waals surface area (Å²) in [5.41, 5.74) is 1.02. The summed E-state index contributed by atoms with van der Waals surface area (Å²) in [4.78, 5) is 19.1. The van der Waals surface area contributed by atoms with Gasteiger partial charge in [0, 0.05) is 50.1 Å². The van der Waals surface area contributed by atoms with Gasteiger partial charge >= 0.3 is 0 Å². The zero-order valence-electron chi connectivity index (χ0n) is 14.6. The fourth-order valence-corrected chi connectivity index (χ4v) is 4.79. The van der Waals surface area contributed by atoms with Crippen molar-refractivity contribution in [1.82, 2.24) is 14.7 Å². The number of hydrogen-bond donors (Lipinski definition) is 1. The SMILES string of the molecule is CC1CN(c2nc(C3(c4ccccc4)CCC(=O)CC3)ns2)CCN1. The Hall–Kier alpha value is -1.79. The first kappa shape index (κ1) is 16.7. The largest absolute Gasteiger partial charge is 0.344 e. The van der Waals surface area contributed by atoms with Crippen molar-refractivity contribution in [1.29, 1.82) is 0 Å². The number of ketones is 1. The van der Waals surface area contributed by atoms with Crippen LogP contribution in [0.4, 0.5) is 5.13 Å². The molecule has 1 aromatic carbocycles. The maximum atomic E-state index is 11.8. The normalized spacial score (nSPS) is 23.6. The molecular formula is C19H24N4OS. The molecule has 2 fully saturated rings. The van der Waals surface area contributed by atoms with Crippen LogP contribution in [0.3, 0.4) is 0 Å². The third kappa shape index (κ3) is 3.20. The lowest BCUT2D eigenvalue weighted by atomic mass is 9.68. The Morgan fingerprint density at radius 3 is 2.72 bits per heavy atom. The average Bonchev–Trinajstić information content (AvgIpc) is 3.14. The van der Waals surface area contributed by atoms with Crippen molar-refractivity contribution in [2.45, 2.75) is 44.1 Å². The highest BCUT2D eigenvalue weighted by atomic mass is 32.1. The Balaban J connectivity index is 1.68. The zero-order valence-corrected chi connectivity index (χ0v) is 15.4. The van der Waals surface area contributed by atoms with Gasteiger partial charge in [-0.15, -0.1) is 0 Å². The summed E-state index contributed by atoms with van der Waals surface area (Å²) in [6, 6.07) is 11.0. The monoisotopic (exact) mass is 356 g/mol. The summed E-state index contributed by atoms with van der Waals surface area (Å²) in [5, 5.41) is 4.48. The summed E-state index contributed by atoms with van der Waals surface area (Å²) in [6.45, 7) is 5.11. The number of carbonyl (C=O) groups is 1. The molecule has 2 heterocycles. The van der Waals surface area contributed by atoms with E-state index in [4.69, 9.17) is 9.36 Å². The van der Waals surface area contributed by atoms with Crippen LogP contribution < -0.4 is 10.2 Å². The summed E-state index contributed by atoms with van der Waals surface area (Å²) >= 11 is 1.50. The molecule has 0 spiro atoms. The predicted molar refractivity (Wildman–Crippen MR) is 100 cm³/mol. The minimum Gasteiger partial charge on any atom is -0.344 e. The third-order valence-corrected chi connectivity index (χ3v) is 6.25. The minimum atomic E-state index is -0.219. The van der Waals surface area contributed by atoms with Crippen molar-refractivity contribution >= 4 is 22.4 Å². The van der Waals surface area contributed by atoms with E-state index in [2.05, 4.69) is 41.4 Å². The molecule has 1 saturated heterocycles. The Morgan fingerprint density at radius 1 is 1.24 bits per heavy atom. The van der Waals surface area contributed by atoms with Gasteiger partial charge in [0.05, 0.1) is 5.41 Å². The molecule has 25 heavy (non-hydrogen) atoms. The molecule has 132 valence electrons. The van der Waals surface area contributed by atoms with E-state index in [1.54, 1.807) is 0 Å². The highest BCUT2D eigenvalue weighted by Crippen LogP contribution is 2.43. The first-order chi connectivity index (χ1) is 12.2. The molecule has 0 radical (unpaired) electrons. The molecule has 1 aliphatic heterocycles. The number of hydrogen-bond acceptors (Lipinski definition) is 6. The highest BCUT2D eigenvalue weighted by molar-refractivity contribution is 7.09. The fraction of sp³-hybridized carbons (Fsp3) is 0.526. The van der Waals surface area contributed by atoms with Crippen LogP contribution in [0.2, 0.25) is 0 Å². The molecule has 2 aliphatic rings. The second-order valence-corrected chi connectivity index (χ2v) is 7.92. The Morgan fingerprint density at radius 2 is 2.00 bits per heavy atom. The van der Waals surface area contributed by atoms with Crippen LogP contribution in [-0.4, -0.2) is 40.8 Å². The maximum Gasteiger partial charge on any atom is 0.205 e. The van der Waals surface area contributed by atoms with Crippen molar-refractivity contribution in [3.05, 3.63) is 41.7 Å². The number of nitrogens with zero attached hydrogens (tertiary/aromatic N) is 3. The zero-order chi connectivity index (χ0) is 17.3. The van der Waals surface area contributed by atoms with Gasteiger partial charge in [0.25, 0.3) is 0 Å². The van der Waals surface area contributed by atoms with Gasteiger partial charge < -0.3 is 10.2 Å². The van der Waals surface area contributed by atoms with E-state index in [1.165, 1.54) is 17.1 Å². The average molecular weight is 356 g/mol. The van der Waals surface area contributed by atoms with Crippen LogP contribution >= 0.6 is 11.5 Å². The van der Waals surface area contributed by atoms with Crippen molar-refractivity contribution in [2.75, 3.05) is 24.5 Å². The van der Waals surface area contributed by atoms with Crippen LogP contribution in [-0.2, 0) is 10.2 Å². The molecule has 1 saturated carbocycles. The number of piperazine rings is 1. The second kappa shape index (κ2) is 6.84. The first-order valence-electron chi connectivity index (χ1n) is 9.07. The van der Waals surface area contributed by atoms with Crippen LogP contribution in [0.15, 0.2) is 30.3 Å². The smallest absolute Gasteiger partial charge is 0.205 e. The quantitative estimate of drug-likeness (QED) is 0.916. The highest BCUT2D eigenvalue weighted by Gasteiger charge is 2.41. The molecule has 0 amide bonds. The lowest BCUT2D eigenvalue weighted by molar-refractivity contribution is -0.121.